The lowest BCUT2D eigenvalue weighted by Crippen LogP contribution is -2.36. The summed E-state index contributed by atoms with van der Waals surface area (Å²) in [5, 5.41) is 1.07. The molecule has 6 nitrogen and oxygen atoms in total. The van der Waals surface area contributed by atoms with Crippen LogP contribution in [0.15, 0.2) is 42.6 Å². The number of hydrogen-bond acceptors (Lipinski definition) is 4. The lowest BCUT2D eigenvalue weighted by molar-refractivity contribution is -0.132. The van der Waals surface area contributed by atoms with Crippen LogP contribution in [0.1, 0.15) is 17.5 Å². The Labute approximate surface area is 170 Å². The summed E-state index contributed by atoms with van der Waals surface area (Å²) in [6.45, 7) is 1.97. The first-order valence-electron chi connectivity index (χ1n) is 9.78. The van der Waals surface area contributed by atoms with Crippen LogP contribution in [0.2, 0.25) is 0 Å². The van der Waals surface area contributed by atoms with Crippen molar-refractivity contribution in [2.75, 3.05) is 27.9 Å². The van der Waals surface area contributed by atoms with Gasteiger partial charge in [0.2, 0.25) is 5.91 Å². The molecule has 0 radical (unpaired) electrons. The first kappa shape index (κ1) is 19.2. The van der Waals surface area contributed by atoms with Crippen molar-refractivity contribution < 1.29 is 19.0 Å². The van der Waals surface area contributed by atoms with Gasteiger partial charge in [0.15, 0.2) is 11.5 Å². The minimum Gasteiger partial charge on any atom is -0.496 e. The second-order valence-corrected chi connectivity index (χ2v) is 7.19. The molecule has 0 N–H and O–H groups in total. The van der Waals surface area contributed by atoms with Crippen molar-refractivity contribution in [1.82, 2.24) is 9.47 Å². The maximum absolute atomic E-state index is 12.9. The van der Waals surface area contributed by atoms with E-state index >= 15 is 0 Å². The third-order valence-corrected chi connectivity index (χ3v) is 5.63. The monoisotopic (exact) mass is 394 g/mol. The van der Waals surface area contributed by atoms with Crippen molar-refractivity contribution >= 4 is 16.8 Å². The molecule has 2 heterocycles. The third kappa shape index (κ3) is 3.62. The second kappa shape index (κ2) is 8.07. The maximum Gasteiger partial charge on any atom is 0.224 e. The number of ether oxygens (including phenoxy) is 3. The Bertz CT molecular complexity index is 1040. The minimum atomic E-state index is 0.162. The number of aryl methyl sites for hydroxylation is 1. The molecule has 29 heavy (non-hydrogen) atoms. The van der Waals surface area contributed by atoms with E-state index in [2.05, 4.69) is 10.6 Å². The van der Waals surface area contributed by atoms with E-state index in [9.17, 15) is 4.79 Å². The Morgan fingerprint density at radius 1 is 0.966 bits per heavy atom. The van der Waals surface area contributed by atoms with Crippen LogP contribution in [0.4, 0.5) is 0 Å². The predicted octanol–water partition coefficient (Wildman–Crippen LogP) is 3.64. The standard InChI is InChI=1S/C23H26N2O4/c1-27-20-6-4-5-19-18(20)8-11-24(19)12-9-23(26)25-10-7-16-13-21(28-2)22(29-3)14-17(16)15-25/h4-6,8,11,13-14H,7,9-10,12,15H2,1-3H3. The number of carbonyl (C=O) groups is 1. The van der Waals surface area contributed by atoms with Crippen LogP contribution in [-0.2, 0) is 24.3 Å². The van der Waals surface area contributed by atoms with Gasteiger partial charge in [-0.25, -0.2) is 0 Å². The molecule has 0 aliphatic carbocycles. The lowest BCUT2D eigenvalue weighted by atomic mass is 9.98. The molecule has 4 rings (SSSR count). The quantitative estimate of drug-likeness (QED) is 0.641. The summed E-state index contributed by atoms with van der Waals surface area (Å²) < 4.78 is 18.3. The van der Waals surface area contributed by atoms with E-state index < -0.39 is 0 Å². The van der Waals surface area contributed by atoms with Crippen LogP contribution in [-0.4, -0.2) is 43.2 Å². The van der Waals surface area contributed by atoms with Crippen molar-refractivity contribution in [2.45, 2.75) is 25.9 Å². The number of hydrogen-bond donors (Lipinski definition) is 0. The highest BCUT2D eigenvalue weighted by molar-refractivity contribution is 5.86. The van der Waals surface area contributed by atoms with Gasteiger partial charge in [-0.15, -0.1) is 0 Å². The fraction of sp³-hybridized carbons (Fsp3) is 0.348. The molecule has 2 aromatic carbocycles. The van der Waals surface area contributed by atoms with Crippen molar-refractivity contribution in [2.24, 2.45) is 0 Å². The van der Waals surface area contributed by atoms with E-state index in [4.69, 9.17) is 14.2 Å². The van der Waals surface area contributed by atoms with Gasteiger partial charge in [0.05, 0.1) is 26.8 Å². The lowest BCUT2D eigenvalue weighted by Gasteiger charge is -2.30. The van der Waals surface area contributed by atoms with E-state index in [1.165, 1.54) is 5.56 Å². The summed E-state index contributed by atoms with van der Waals surface area (Å²) in [4.78, 5) is 14.8. The summed E-state index contributed by atoms with van der Waals surface area (Å²) in [5.74, 6) is 2.45. The van der Waals surface area contributed by atoms with Gasteiger partial charge in [0, 0.05) is 37.6 Å². The van der Waals surface area contributed by atoms with Gasteiger partial charge < -0.3 is 23.7 Å². The van der Waals surface area contributed by atoms with Gasteiger partial charge in [-0.1, -0.05) is 6.07 Å². The van der Waals surface area contributed by atoms with Gasteiger partial charge in [-0.2, -0.15) is 0 Å². The van der Waals surface area contributed by atoms with E-state index in [-0.39, 0.29) is 5.91 Å². The van der Waals surface area contributed by atoms with Crippen molar-refractivity contribution in [3.8, 4) is 17.2 Å². The van der Waals surface area contributed by atoms with Crippen molar-refractivity contribution in [1.29, 1.82) is 0 Å². The molecule has 0 bridgehead atoms. The minimum absolute atomic E-state index is 0.162. The topological polar surface area (TPSA) is 52.9 Å². The predicted molar refractivity (Wildman–Crippen MR) is 112 cm³/mol. The first-order chi connectivity index (χ1) is 14.1. The molecule has 1 aromatic heterocycles. The van der Waals surface area contributed by atoms with Gasteiger partial charge >= 0.3 is 0 Å². The van der Waals surface area contributed by atoms with E-state index in [1.54, 1.807) is 21.3 Å². The second-order valence-electron chi connectivity index (χ2n) is 7.19. The fourth-order valence-electron chi connectivity index (χ4n) is 4.04. The average Bonchev–Trinajstić information content (AvgIpc) is 3.19. The van der Waals surface area contributed by atoms with Crippen LogP contribution in [0.5, 0.6) is 17.2 Å². The highest BCUT2D eigenvalue weighted by Gasteiger charge is 2.22. The molecule has 0 fully saturated rings. The molecule has 0 unspecified atom stereocenters. The molecule has 0 saturated carbocycles. The number of amides is 1. The van der Waals surface area contributed by atoms with Crippen LogP contribution >= 0.6 is 0 Å². The normalized spacial score (nSPS) is 13.3. The molecular weight excluding hydrogens is 368 g/mol. The van der Waals surface area contributed by atoms with Crippen molar-refractivity contribution in [3.05, 3.63) is 53.7 Å². The summed E-state index contributed by atoms with van der Waals surface area (Å²) in [6, 6.07) is 12.0. The number of aromatic nitrogens is 1. The zero-order chi connectivity index (χ0) is 20.4. The third-order valence-electron chi connectivity index (χ3n) is 5.63. The van der Waals surface area contributed by atoms with Crippen molar-refractivity contribution in [3.63, 3.8) is 0 Å². The fourth-order valence-corrected chi connectivity index (χ4v) is 4.04. The first-order valence-corrected chi connectivity index (χ1v) is 9.78. The SMILES string of the molecule is COc1cc2c(cc1OC)CN(C(=O)CCn1ccc3c(OC)cccc31)CC2. The summed E-state index contributed by atoms with van der Waals surface area (Å²) in [6.07, 6.45) is 3.30. The Hall–Kier alpha value is -3.15. The smallest absolute Gasteiger partial charge is 0.224 e. The molecule has 1 amide bonds. The summed E-state index contributed by atoms with van der Waals surface area (Å²) in [5.41, 5.74) is 3.42. The molecular formula is C23H26N2O4. The summed E-state index contributed by atoms with van der Waals surface area (Å²) in [7, 11) is 4.95. The number of methoxy groups -OCH3 is 3. The van der Waals surface area contributed by atoms with Crippen LogP contribution in [0.3, 0.4) is 0 Å². The number of carbonyl (C=O) groups excluding carboxylic acids is 1. The molecule has 6 heteroatoms. The van der Waals surface area contributed by atoms with Gasteiger partial charge in [-0.05, 0) is 47.9 Å². The Morgan fingerprint density at radius 3 is 2.41 bits per heavy atom. The van der Waals surface area contributed by atoms with E-state index in [0.29, 0.717) is 25.3 Å². The Morgan fingerprint density at radius 2 is 1.69 bits per heavy atom. The average molecular weight is 394 g/mol. The van der Waals surface area contributed by atoms with E-state index in [0.717, 1.165) is 40.9 Å². The van der Waals surface area contributed by atoms with Crippen LogP contribution < -0.4 is 14.2 Å². The van der Waals surface area contributed by atoms with Crippen LogP contribution in [0.25, 0.3) is 10.9 Å². The largest absolute Gasteiger partial charge is 0.496 e. The molecule has 0 atom stereocenters. The molecule has 1 aliphatic heterocycles. The van der Waals surface area contributed by atoms with Gasteiger partial charge in [0.1, 0.15) is 5.75 Å². The highest BCUT2D eigenvalue weighted by Crippen LogP contribution is 2.33. The Balaban J connectivity index is 1.45. The number of benzene rings is 2. The number of nitrogens with zero attached hydrogens (tertiary/aromatic N) is 2. The number of rotatable bonds is 6. The van der Waals surface area contributed by atoms with Crippen LogP contribution in [0, 0.1) is 0 Å². The zero-order valence-corrected chi connectivity index (χ0v) is 17.1. The van der Waals surface area contributed by atoms with E-state index in [1.807, 2.05) is 41.4 Å². The molecule has 152 valence electrons. The molecule has 3 aromatic rings. The molecule has 1 aliphatic rings. The van der Waals surface area contributed by atoms with Gasteiger partial charge in [0.25, 0.3) is 0 Å². The maximum atomic E-state index is 12.9. The highest BCUT2D eigenvalue weighted by atomic mass is 16.5. The number of fused-ring (bicyclic) bond motifs is 2. The summed E-state index contributed by atoms with van der Waals surface area (Å²) >= 11 is 0. The molecule has 0 spiro atoms. The van der Waals surface area contributed by atoms with Gasteiger partial charge in [-0.3, -0.25) is 4.79 Å². The zero-order valence-electron chi connectivity index (χ0n) is 17.1. The molecule has 0 saturated heterocycles. The Kier molecular flexibility index (Phi) is 5.34.